The van der Waals surface area contributed by atoms with Gasteiger partial charge in [0.25, 0.3) is 0 Å². The SMILES string of the molecule is COCc1cccc(CNc2ccccc2C)c1. The second kappa shape index (κ2) is 6.22. The van der Waals surface area contributed by atoms with Crippen molar-refractivity contribution in [2.75, 3.05) is 12.4 Å². The average molecular weight is 241 g/mol. The molecule has 0 spiro atoms. The van der Waals surface area contributed by atoms with Crippen LogP contribution in [0.25, 0.3) is 0 Å². The van der Waals surface area contributed by atoms with E-state index in [2.05, 4.69) is 60.8 Å². The fourth-order valence-electron chi connectivity index (χ4n) is 1.96. The van der Waals surface area contributed by atoms with E-state index in [0.717, 1.165) is 6.54 Å². The van der Waals surface area contributed by atoms with Gasteiger partial charge < -0.3 is 10.1 Å². The molecule has 18 heavy (non-hydrogen) atoms. The van der Waals surface area contributed by atoms with Crippen molar-refractivity contribution in [1.82, 2.24) is 0 Å². The monoisotopic (exact) mass is 241 g/mol. The number of methoxy groups -OCH3 is 1. The normalized spacial score (nSPS) is 10.3. The maximum atomic E-state index is 5.14. The molecule has 0 aliphatic heterocycles. The van der Waals surface area contributed by atoms with Crippen molar-refractivity contribution in [1.29, 1.82) is 0 Å². The highest BCUT2D eigenvalue weighted by Crippen LogP contribution is 2.15. The van der Waals surface area contributed by atoms with Gasteiger partial charge in [-0.2, -0.15) is 0 Å². The lowest BCUT2D eigenvalue weighted by Gasteiger charge is -2.10. The van der Waals surface area contributed by atoms with Gasteiger partial charge in [0.15, 0.2) is 0 Å². The fraction of sp³-hybridized carbons (Fsp3) is 0.250. The minimum Gasteiger partial charge on any atom is -0.381 e. The second-order valence-electron chi connectivity index (χ2n) is 4.42. The van der Waals surface area contributed by atoms with Crippen LogP contribution >= 0.6 is 0 Å². The van der Waals surface area contributed by atoms with Gasteiger partial charge in [-0.15, -0.1) is 0 Å². The third kappa shape index (κ3) is 3.34. The van der Waals surface area contributed by atoms with Gasteiger partial charge in [0, 0.05) is 19.3 Å². The average Bonchev–Trinajstić information content (AvgIpc) is 2.39. The molecule has 0 aliphatic rings. The predicted molar refractivity (Wildman–Crippen MR) is 75.7 cm³/mol. The molecular weight excluding hydrogens is 222 g/mol. The Labute approximate surface area is 109 Å². The molecule has 0 heterocycles. The largest absolute Gasteiger partial charge is 0.381 e. The zero-order chi connectivity index (χ0) is 12.8. The molecule has 1 N–H and O–H groups in total. The number of aryl methyl sites for hydroxylation is 1. The molecule has 0 unspecified atom stereocenters. The highest BCUT2D eigenvalue weighted by molar-refractivity contribution is 5.50. The maximum absolute atomic E-state index is 5.14. The smallest absolute Gasteiger partial charge is 0.0713 e. The number of nitrogens with one attached hydrogen (secondary N) is 1. The van der Waals surface area contributed by atoms with E-state index in [0.29, 0.717) is 6.61 Å². The van der Waals surface area contributed by atoms with Crippen LogP contribution in [0.2, 0.25) is 0 Å². The van der Waals surface area contributed by atoms with Crippen LogP contribution in [-0.2, 0) is 17.9 Å². The number of para-hydroxylation sites is 1. The van der Waals surface area contributed by atoms with Crippen molar-refractivity contribution < 1.29 is 4.74 Å². The molecule has 94 valence electrons. The van der Waals surface area contributed by atoms with Crippen LogP contribution in [0.3, 0.4) is 0 Å². The first-order valence-corrected chi connectivity index (χ1v) is 6.16. The molecule has 0 saturated heterocycles. The minimum atomic E-state index is 0.665. The Balaban J connectivity index is 2.02. The zero-order valence-corrected chi connectivity index (χ0v) is 10.9. The molecule has 2 aromatic carbocycles. The highest BCUT2D eigenvalue weighted by atomic mass is 16.5. The van der Waals surface area contributed by atoms with Crippen molar-refractivity contribution >= 4 is 5.69 Å². The van der Waals surface area contributed by atoms with Gasteiger partial charge in [-0.05, 0) is 29.7 Å². The molecule has 0 aromatic heterocycles. The molecule has 2 aromatic rings. The summed E-state index contributed by atoms with van der Waals surface area (Å²) in [5, 5.41) is 3.46. The first-order valence-electron chi connectivity index (χ1n) is 6.16. The summed E-state index contributed by atoms with van der Waals surface area (Å²) in [6, 6.07) is 16.8. The number of hydrogen-bond acceptors (Lipinski definition) is 2. The van der Waals surface area contributed by atoms with Crippen LogP contribution in [0, 0.1) is 6.92 Å². The first-order chi connectivity index (χ1) is 8.79. The van der Waals surface area contributed by atoms with Crippen LogP contribution in [0.5, 0.6) is 0 Å². The van der Waals surface area contributed by atoms with E-state index in [4.69, 9.17) is 4.74 Å². The van der Waals surface area contributed by atoms with Crippen molar-refractivity contribution in [3.8, 4) is 0 Å². The van der Waals surface area contributed by atoms with Crippen molar-refractivity contribution in [3.05, 3.63) is 65.2 Å². The van der Waals surface area contributed by atoms with Gasteiger partial charge in [-0.25, -0.2) is 0 Å². The number of benzene rings is 2. The number of ether oxygens (including phenoxy) is 1. The van der Waals surface area contributed by atoms with Gasteiger partial charge in [-0.3, -0.25) is 0 Å². The molecule has 0 saturated carbocycles. The van der Waals surface area contributed by atoms with Gasteiger partial charge in [0.05, 0.1) is 6.61 Å². The maximum Gasteiger partial charge on any atom is 0.0713 e. The predicted octanol–water partition coefficient (Wildman–Crippen LogP) is 3.75. The van der Waals surface area contributed by atoms with Crippen LogP contribution < -0.4 is 5.32 Å². The fourth-order valence-corrected chi connectivity index (χ4v) is 1.96. The summed E-state index contributed by atoms with van der Waals surface area (Å²) in [6.07, 6.45) is 0. The standard InChI is InChI=1S/C16H19NO/c1-13-6-3-4-9-16(13)17-11-14-7-5-8-15(10-14)12-18-2/h3-10,17H,11-12H2,1-2H3. The minimum absolute atomic E-state index is 0.665. The van der Waals surface area contributed by atoms with Crippen LogP contribution in [0.15, 0.2) is 48.5 Å². The Morgan fingerprint density at radius 1 is 1.00 bits per heavy atom. The van der Waals surface area contributed by atoms with E-state index in [1.54, 1.807) is 7.11 Å². The summed E-state index contributed by atoms with van der Waals surface area (Å²) >= 11 is 0. The lowest BCUT2D eigenvalue weighted by molar-refractivity contribution is 0.185. The summed E-state index contributed by atoms with van der Waals surface area (Å²) in [7, 11) is 1.72. The summed E-state index contributed by atoms with van der Waals surface area (Å²) in [5.74, 6) is 0. The lowest BCUT2D eigenvalue weighted by atomic mass is 10.1. The topological polar surface area (TPSA) is 21.3 Å². The Kier molecular flexibility index (Phi) is 4.37. The number of anilines is 1. The molecule has 0 atom stereocenters. The van der Waals surface area contributed by atoms with Crippen molar-refractivity contribution in [2.45, 2.75) is 20.1 Å². The molecular formula is C16H19NO. The molecule has 0 amide bonds. The Bertz CT molecular complexity index is 508. The Morgan fingerprint density at radius 2 is 1.78 bits per heavy atom. The van der Waals surface area contributed by atoms with Gasteiger partial charge in [0.2, 0.25) is 0 Å². The quantitative estimate of drug-likeness (QED) is 0.860. The van der Waals surface area contributed by atoms with Crippen LogP contribution in [0.4, 0.5) is 5.69 Å². The molecule has 0 radical (unpaired) electrons. The van der Waals surface area contributed by atoms with E-state index < -0.39 is 0 Å². The molecule has 2 rings (SSSR count). The van der Waals surface area contributed by atoms with Crippen molar-refractivity contribution in [3.63, 3.8) is 0 Å². The molecule has 0 aliphatic carbocycles. The van der Waals surface area contributed by atoms with Crippen LogP contribution in [-0.4, -0.2) is 7.11 Å². The van der Waals surface area contributed by atoms with Gasteiger partial charge in [0.1, 0.15) is 0 Å². The van der Waals surface area contributed by atoms with Crippen LogP contribution in [0.1, 0.15) is 16.7 Å². The third-order valence-electron chi connectivity index (χ3n) is 2.93. The summed E-state index contributed by atoms with van der Waals surface area (Å²) in [5.41, 5.74) is 4.94. The highest BCUT2D eigenvalue weighted by Gasteiger charge is 1.98. The summed E-state index contributed by atoms with van der Waals surface area (Å²) < 4.78 is 5.14. The second-order valence-corrected chi connectivity index (χ2v) is 4.42. The molecule has 2 nitrogen and oxygen atoms in total. The number of hydrogen-bond donors (Lipinski definition) is 1. The van der Waals surface area contributed by atoms with E-state index in [9.17, 15) is 0 Å². The third-order valence-corrected chi connectivity index (χ3v) is 2.93. The Hall–Kier alpha value is -1.80. The van der Waals surface area contributed by atoms with Crippen molar-refractivity contribution in [2.24, 2.45) is 0 Å². The van der Waals surface area contributed by atoms with Gasteiger partial charge in [-0.1, -0.05) is 42.5 Å². The van der Waals surface area contributed by atoms with E-state index in [1.807, 2.05) is 0 Å². The summed E-state index contributed by atoms with van der Waals surface area (Å²) in [4.78, 5) is 0. The number of rotatable bonds is 5. The summed E-state index contributed by atoms with van der Waals surface area (Å²) in [6.45, 7) is 3.62. The first kappa shape index (κ1) is 12.7. The molecule has 2 heteroatoms. The molecule has 0 fully saturated rings. The van der Waals surface area contributed by atoms with Gasteiger partial charge >= 0.3 is 0 Å². The van der Waals surface area contributed by atoms with E-state index >= 15 is 0 Å². The molecule has 0 bridgehead atoms. The Morgan fingerprint density at radius 3 is 2.56 bits per heavy atom. The van der Waals surface area contributed by atoms with E-state index in [1.165, 1.54) is 22.4 Å². The van der Waals surface area contributed by atoms with E-state index in [-0.39, 0.29) is 0 Å². The lowest BCUT2D eigenvalue weighted by Crippen LogP contribution is -2.01. The zero-order valence-electron chi connectivity index (χ0n) is 10.9.